The van der Waals surface area contributed by atoms with Gasteiger partial charge >= 0.3 is 7.60 Å². The van der Waals surface area contributed by atoms with Gasteiger partial charge in [-0.2, -0.15) is 0 Å². The SMILES string of the molecule is CNCC(=O)N(CP(=O)(O)O)C(=O)[C@H](C)NC(=O)[C@H](C)N. The maximum atomic E-state index is 12.1. The topological polar surface area (TPSA) is 162 Å². The lowest BCUT2D eigenvalue weighted by atomic mass is 10.2. The Labute approximate surface area is 122 Å². The maximum Gasteiger partial charge on any atom is 0.345 e. The first kappa shape index (κ1) is 19.7. The van der Waals surface area contributed by atoms with E-state index >= 15 is 0 Å². The molecule has 0 fully saturated rings. The number of hydrogen-bond acceptors (Lipinski definition) is 6. The molecular formula is C10H21N4O6P. The Bertz CT molecular complexity index is 449. The summed E-state index contributed by atoms with van der Waals surface area (Å²) in [6.45, 7) is 2.42. The number of carbonyl (C=O) groups is 3. The number of amides is 3. The van der Waals surface area contributed by atoms with E-state index in [0.29, 0.717) is 4.90 Å². The van der Waals surface area contributed by atoms with Crippen molar-refractivity contribution in [2.75, 3.05) is 19.9 Å². The number of rotatable bonds is 7. The highest BCUT2D eigenvalue weighted by molar-refractivity contribution is 7.51. The van der Waals surface area contributed by atoms with Gasteiger partial charge in [-0.25, -0.2) is 0 Å². The first-order valence-electron chi connectivity index (χ1n) is 6.09. The molecule has 3 amide bonds. The molecule has 0 spiro atoms. The Balaban J connectivity index is 5.05. The van der Waals surface area contributed by atoms with Crippen molar-refractivity contribution >= 4 is 25.3 Å². The van der Waals surface area contributed by atoms with Crippen LogP contribution in [0.4, 0.5) is 0 Å². The Morgan fingerprint density at radius 3 is 2.19 bits per heavy atom. The van der Waals surface area contributed by atoms with Crippen LogP contribution < -0.4 is 16.4 Å². The molecule has 6 N–H and O–H groups in total. The third-order valence-electron chi connectivity index (χ3n) is 2.36. The smallest absolute Gasteiger partial charge is 0.343 e. The van der Waals surface area contributed by atoms with Gasteiger partial charge in [0.25, 0.3) is 5.91 Å². The van der Waals surface area contributed by atoms with Gasteiger partial charge in [-0.3, -0.25) is 23.8 Å². The summed E-state index contributed by atoms with van der Waals surface area (Å²) in [6.07, 6.45) is -1.05. The third kappa shape index (κ3) is 7.30. The Hall–Kier alpha value is -1.32. The Morgan fingerprint density at radius 2 is 1.81 bits per heavy atom. The van der Waals surface area contributed by atoms with Crippen LogP contribution in [-0.2, 0) is 18.9 Å². The van der Waals surface area contributed by atoms with Crippen LogP contribution in [0, 0.1) is 0 Å². The van der Waals surface area contributed by atoms with Gasteiger partial charge in [-0.1, -0.05) is 0 Å². The summed E-state index contributed by atoms with van der Waals surface area (Å²) >= 11 is 0. The van der Waals surface area contributed by atoms with Gasteiger partial charge in [0, 0.05) is 0 Å². The number of nitrogens with one attached hydrogen (secondary N) is 2. The Kier molecular flexibility index (Phi) is 7.69. The van der Waals surface area contributed by atoms with Crippen molar-refractivity contribution in [1.82, 2.24) is 15.5 Å². The molecule has 122 valence electrons. The number of imide groups is 1. The first-order chi connectivity index (χ1) is 9.49. The van der Waals surface area contributed by atoms with E-state index in [2.05, 4.69) is 10.6 Å². The van der Waals surface area contributed by atoms with Crippen molar-refractivity contribution in [2.24, 2.45) is 5.73 Å². The predicted octanol–water partition coefficient (Wildman–Crippen LogP) is -2.45. The first-order valence-corrected chi connectivity index (χ1v) is 7.88. The lowest BCUT2D eigenvalue weighted by molar-refractivity contribution is -0.145. The van der Waals surface area contributed by atoms with Crippen molar-refractivity contribution in [3.8, 4) is 0 Å². The second kappa shape index (κ2) is 8.20. The van der Waals surface area contributed by atoms with E-state index in [1.54, 1.807) is 0 Å². The zero-order chi connectivity index (χ0) is 16.8. The molecule has 0 aliphatic heterocycles. The average molecular weight is 324 g/mol. The van der Waals surface area contributed by atoms with E-state index < -0.39 is 43.7 Å². The molecular weight excluding hydrogens is 303 g/mol. The average Bonchev–Trinajstić information content (AvgIpc) is 2.33. The molecule has 0 saturated heterocycles. The number of nitrogens with two attached hydrogens (primary N) is 1. The minimum absolute atomic E-state index is 0.278. The van der Waals surface area contributed by atoms with Crippen LogP contribution in [0.5, 0.6) is 0 Å². The van der Waals surface area contributed by atoms with Crippen molar-refractivity contribution in [2.45, 2.75) is 25.9 Å². The van der Waals surface area contributed by atoms with Gasteiger partial charge in [0.05, 0.1) is 12.6 Å². The van der Waals surface area contributed by atoms with Crippen molar-refractivity contribution < 1.29 is 28.7 Å². The summed E-state index contributed by atoms with van der Waals surface area (Å²) in [5, 5.41) is 4.74. The van der Waals surface area contributed by atoms with Crippen molar-refractivity contribution in [1.29, 1.82) is 0 Å². The van der Waals surface area contributed by atoms with Crippen LogP contribution in [0.2, 0.25) is 0 Å². The molecule has 0 rings (SSSR count). The van der Waals surface area contributed by atoms with Gasteiger partial charge in [-0.05, 0) is 20.9 Å². The third-order valence-corrected chi connectivity index (χ3v) is 3.01. The molecule has 11 heteroatoms. The second-order valence-corrected chi connectivity index (χ2v) is 6.13. The van der Waals surface area contributed by atoms with Crippen molar-refractivity contribution in [3.05, 3.63) is 0 Å². The fourth-order valence-electron chi connectivity index (χ4n) is 1.34. The summed E-state index contributed by atoms with van der Waals surface area (Å²) in [5.74, 6) is -2.35. The fourth-order valence-corrected chi connectivity index (χ4v) is 2.01. The molecule has 10 nitrogen and oxygen atoms in total. The minimum Gasteiger partial charge on any atom is -0.343 e. The van der Waals surface area contributed by atoms with Gasteiger partial charge in [0.15, 0.2) is 0 Å². The van der Waals surface area contributed by atoms with Gasteiger partial charge in [0.1, 0.15) is 12.3 Å². The number of carbonyl (C=O) groups excluding carboxylic acids is 3. The van der Waals surface area contributed by atoms with E-state index in [1.165, 1.54) is 20.9 Å². The molecule has 0 aromatic carbocycles. The molecule has 0 aliphatic carbocycles. The molecule has 2 atom stereocenters. The summed E-state index contributed by atoms with van der Waals surface area (Å²) < 4.78 is 11.0. The van der Waals surface area contributed by atoms with E-state index in [-0.39, 0.29) is 6.54 Å². The predicted molar refractivity (Wildman–Crippen MR) is 73.9 cm³/mol. The van der Waals surface area contributed by atoms with E-state index in [4.69, 9.17) is 15.5 Å². The number of hydrogen-bond donors (Lipinski definition) is 5. The van der Waals surface area contributed by atoms with Crippen LogP contribution in [0.25, 0.3) is 0 Å². The molecule has 0 aromatic rings. The minimum atomic E-state index is -4.63. The monoisotopic (exact) mass is 324 g/mol. The van der Waals surface area contributed by atoms with Crippen LogP contribution in [-0.4, -0.2) is 64.4 Å². The molecule has 0 bridgehead atoms. The normalized spacial score (nSPS) is 14.2. The summed E-state index contributed by atoms with van der Waals surface area (Å²) in [4.78, 5) is 53.5. The van der Waals surface area contributed by atoms with Gasteiger partial charge in [-0.15, -0.1) is 0 Å². The summed E-state index contributed by atoms with van der Waals surface area (Å²) in [7, 11) is -3.18. The van der Waals surface area contributed by atoms with Crippen LogP contribution in [0.1, 0.15) is 13.8 Å². The molecule has 0 unspecified atom stereocenters. The zero-order valence-corrected chi connectivity index (χ0v) is 13.0. The van der Waals surface area contributed by atoms with Gasteiger partial charge in [0.2, 0.25) is 11.8 Å². The van der Waals surface area contributed by atoms with Crippen LogP contribution in [0.3, 0.4) is 0 Å². The quantitative estimate of drug-likeness (QED) is 0.322. The molecule has 0 saturated carbocycles. The Morgan fingerprint density at radius 1 is 1.29 bits per heavy atom. The molecule has 0 aliphatic rings. The molecule has 21 heavy (non-hydrogen) atoms. The second-order valence-electron chi connectivity index (χ2n) is 4.52. The fraction of sp³-hybridized carbons (Fsp3) is 0.700. The lowest BCUT2D eigenvalue weighted by Crippen LogP contribution is -2.53. The lowest BCUT2D eigenvalue weighted by Gasteiger charge is -2.25. The highest BCUT2D eigenvalue weighted by Crippen LogP contribution is 2.35. The molecule has 0 aromatic heterocycles. The zero-order valence-electron chi connectivity index (χ0n) is 12.1. The maximum absolute atomic E-state index is 12.1. The van der Waals surface area contributed by atoms with Crippen LogP contribution in [0.15, 0.2) is 0 Å². The molecule has 0 radical (unpaired) electrons. The van der Waals surface area contributed by atoms with E-state index in [1.807, 2.05) is 0 Å². The summed E-state index contributed by atoms with van der Waals surface area (Å²) in [5.41, 5.74) is 5.33. The molecule has 0 heterocycles. The van der Waals surface area contributed by atoms with Gasteiger partial charge < -0.3 is 26.2 Å². The highest BCUT2D eigenvalue weighted by atomic mass is 31.2. The summed E-state index contributed by atoms with van der Waals surface area (Å²) in [6, 6.07) is -2.00. The standard InChI is InChI=1S/C10H21N4O6P/c1-6(11)9(16)13-7(2)10(17)14(5-21(18,19)20)8(15)4-12-3/h6-7,12H,4-5,11H2,1-3H3,(H,13,16)(H2,18,19,20)/t6-,7-/m0/s1. The number of nitrogens with zero attached hydrogens (tertiary/aromatic N) is 1. The number of likely N-dealkylation sites (N-methyl/N-ethyl adjacent to an activating group) is 1. The van der Waals surface area contributed by atoms with E-state index in [9.17, 15) is 18.9 Å². The van der Waals surface area contributed by atoms with Crippen LogP contribution >= 0.6 is 7.60 Å². The van der Waals surface area contributed by atoms with E-state index in [0.717, 1.165) is 0 Å². The largest absolute Gasteiger partial charge is 0.345 e. The van der Waals surface area contributed by atoms with Crippen molar-refractivity contribution in [3.63, 3.8) is 0 Å². The highest BCUT2D eigenvalue weighted by Gasteiger charge is 2.32.